The highest BCUT2D eigenvalue weighted by molar-refractivity contribution is 7.86. The molecule has 1 aromatic heterocycles. The maximum absolute atomic E-state index is 13.0. The maximum atomic E-state index is 13.0. The zero-order chi connectivity index (χ0) is 23.1. The lowest BCUT2D eigenvalue weighted by Crippen LogP contribution is -2.38. The van der Waals surface area contributed by atoms with Crippen LogP contribution < -0.4 is 0 Å². The molecule has 1 heterocycles. The molecule has 0 saturated carbocycles. The largest absolute Gasteiger partial charge is 0.287 e. The summed E-state index contributed by atoms with van der Waals surface area (Å²) in [6, 6.07) is 12.9. The minimum absolute atomic E-state index is 0.0575. The van der Waals surface area contributed by atoms with Crippen LogP contribution in [0.5, 0.6) is 0 Å². The van der Waals surface area contributed by atoms with E-state index in [0.717, 1.165) is 27.6 Å². The zero-order valence-electron chi connectivity index (χ0n) is 18.6. The first kappa shape index (κ1) is 23.5. The lowest BCUT2D eigenvalue weighted by atomic mass is 10.0. The van der Waals surface area contributed by atoms with Gasteiger partial charge in [-0.25, -0.2) is 0 Å². The highest BCUT2D eigenvalue weighted by atomic mass is 35.5. The van der Waals surface area contributed by atoms with Crippen molar-refractivity contribution in [2.45, 2.75) is 26.8 Å². The fourth-order valence-corrected chi connectivity index (χ4v) is 4.84. The predicted octanol–water partition coefficient (Wildman–Crippen LogP) is 5.06. The SMILES string of the molecule is CC(C)C(=O)n1cc(C(C)N(C)S(=O)(=O)N(C)C)c2ccc(-c3ccccc3Cl)cc21. The van der Waals surface area contributed by atoms with Gasteiger partial charge in [0, 0.05) is 55.3 Å². The fourth-order valence-electron chi connectivity index (χ4n) is 3.56. The molecule has 1 atom stereocenters. The summed E-state index contributed by atoms with van der Waals surface area (Å²) in [7, 11) is 0.925. The fraction of sp³-hybridized carbons (Fsp3) is 0.348. The molecule has 0 aliphatic rings. The number of hydrogen-bond donors (Lipinski definition) is 0. The molecule has 31 heavy (non-hydrogen) atoms. The van der Waals surface area contributed by atoms with Crippen molar-refractivity contribution in [2.75, 3.05) is 21.1 Å². The second kappa shape index (κ2) is 8.74. The summed E-state index contributed by atoms with van der Waals surface area (Å²) in [5.41, 5.74) is 3.26. The first-order valence-corrected chi connectivity index (χ1v) is 11.8. The molecular formula is C23H28ClN3O3S. The third-order valence-electron chi connectivity index (χ3n) is 5.57. The molecule has 6 nitrogen and oxygen atoms in total. The van der Waals surface area contributed by atoms with Crippen LogP contribution in [0.15, 0.2) is 48.7 Å². The van der Waals surface area contributed by atoms with E-state index in [1.807, 2.05) is 63.2 Å². The smallest absolute Gasteiger partial charge is 0.281 e. The standard InChI is InChI=1S/C23H28ClN3O3S/c1-15(2)23(28)27-14-20(16(3)26(6)31(29,30)25(4)5)19-12-11-17(13-22(19)27)18-9-7-8-10-21(18)24/h7-16H,1-6H3. The Kier molecular flexibility index (Phi) is 6.62. The van der Waals surface area contributed by atoms with E-state index in [1.54, 1.807) is 17.8 Å². The Hall–Kier alpha value is -2.19. The second-order valence-electron chi connectivity index (χ2n) is 8.14. The van der Waals surface area contributed by atoms with E-state index in [4.69, 9.17) is 11.6 Å². The molecule has 0 N–H and O–H groups in total. The number of carbonyl (C=O) groups is 1. The molecule has 3 aromatic rings. The van der Waals surface area contributed by atoms with Gasteiger partial charge in [-0.15, -0.1) is 0 Å². The van der Waals surface area contributed by atoms with Gasteiger partial charge >= 0.3 is 0 Å². The van der Waals surface area contributed by atoms with Crippen molar-refractivity contribution in [3.05, 3.63) is 59.2 Å². The Bertz CT molecular complexity index is 1230. The van der Waals surface area contributed by atoms with Gasteiger partial charge in [0.1, 0.15) is 0 Å². The molecule has 166 valence electrons. The number of aromatic nitrogens is 1. The van der Waals surface area contributed by atoms with Gasteiger partial charge in [-0.2, -0.15) is 17.0 Å². The third-order valence-corrected chi connectivity index (χ3v) is 7.87. The monoisotopic (exact) mass is 461 g/mol. The van der Waals surface area contributed by atoms with Crippen LogP contribution in [0.4, 0.5) is 0 Å². The van der Waals surface area contributed by atoms with Gasteiger partial charge in [-0.3, -0.25) is 9.36 Å². The summed E-state index contributed by atoms with van der Waals surface area (Å²) < 4.78 is 29.5. The van der Waals surface area contributed by atoms with Crippen LogP contribution in [0.1, 0.15) is 37.2 Å². The minimum Gasteiger partial charge on any atom is -0.287 e. The van der Waals surface area contributed by atoms with Gasteiger partial charge in [0.15, 0.2) is 0 Å². The van der Waals surface area contributed by atoms with E-state index < -0.39 is 16.3 Å². The van der Waals surface area contributed by atoms with Crippen LogP contribution >= 0.6 is 11.6 Å². The van der Waals surface area contributed by atoms with Crippen LogP contribution in [0.2, 0.25) is 5.02 Å². The summed E-state index contributed by atoms with van der Waals surface area (Å²) in [6.45, 7) is 5.51. The first-order valence-electron chi connectivity index (χ1n) is 10.1. The van der Waals surface area contributed by atoms with Crippen molar-refractivity contribution in [2.24, 2.45) is 5.92 Å². The third kappa shape index (κ3) is 4.28. The molecule has 0 spiro atoms. The average molecular weight is 462 g/mol. The summed E-state index contributed by atoms with van der Waals surface area (Å²) >= 11 is 6.39. The van der Waals surface area contributed by atoms with Crippen molar-refractivity contribution in [3.8, 4) is 11.1 Å². The number of halogens is 1. The normalized spacial score (nSPS) is 13.5. The molecule has 0 amide bonds. The Labute approximate surface area is 189 Å². The van der Waals surface area contributed by atoms with Gasteiger partial charge in [-0.05, 0) is 30.2 Å². The van der Waals surface area contributed by atoms with Crippen LogP contribution in [0, 0.1) is 5.92 Å². The van der Waals surface area contributed by atoms with Crippen LogP contribution in [-0.4, -0.2) is 48.6 Å². The van der Waals surface area contributed by atoms with Crippen molar-refractivity contribution in [3.63, 3.8) is 0 Å². The highest BCUT2D eigenvalue weighted by Gasteiger charge is 2.29. The molecule has 1 unspecified atom stereocenters. The van der Waals surface area contributed by atoms with Crippen LogP contribution in [0.25, 0.3) is 22.0 Å². The first-order chi connectivity index (χ1) is 14.5. The molecule has 2 aromatic carbocycles. The molecule has 0 aliphatic carbocycles. The number of benzene rings is 2. The van der Waals surface area contributed by atoms with E-state index >= 15 is 0 Å². The van der Waals surface area contributed by atoms with E-state index in [0.29, 0.717) is 5.02 Å². The lowest BCUT2D eigenvalue weighted by Gasteiger charge is -2.27. The van der Waals surface area contributed by atoms with Gasteiger partial charge in [0.2, 0.25) is 5.91 Å². The van der Waals surface area contributed by atoms with Gasteiger partial charge in [0.05, 0.1) is 5.52 Å². The van der Waals surface area contributed by atoms with E-state index in [1.165, 1.54) is 22.7 Å². The second-order valence-corrected chi connectivity index (χ2v) is 10.8. The number of carbonyl (C=O) groups excluding carboxylic acids is 1. The molecule has 0 radical (unpaired) electrons. The van der Waals surface area contributed by atoms with Crippen molar-refractivity contribution in [1.82, 2.24) is 13.2 Å². The van der Waals surface area contributed by atoms with Gasteiger partial charge in [-0.1, -0.05) is 55.8 Å². The van der Waals surface area contributed by atoms with E-state index in [9.17, 15) is 13.2 Å². The maximum Gasteiger partial charge on any atom is 0.281 e. The van der Waals surface area contributed by atoms with Gasteiger partial charge < -0.3 is 0 Å². The topological polar surface area (TPSA) is 62.6 Å². The van der Waals surface area contributed by atoms with Crippen molar-refractivity contribution < 1.29 is 13.2 Å². The summed E-state index contributed by atoms with van der Waals surface area (Å²) in [4.78, 5) is 13.0. The number of nitrogens with zero attached hydrogens (tertiary/aromatic N) is 3. The molecule has 0 fully saturated rings. The minimum atomic E-state index is -3.62. The Morgan fingerprint density at radius 1 is 1.03 bits per heavy atom. The molecular weight excluding hydrogens is 434 g/mol. The van der Waals surface area contributed by atoms with Crippen molar-refractivity contribution in [1.29, 1.82) is 0 Å². The van der Waals surface area contributed by atoms with Crippen LogP contribution in [0.3, 0.4) is 0 Å². The molecule has 0 aliphatic heterocycles. The Balaban J connectivity index is 2.22. The average Bonchev–Trinajstić information content (AvgIpc) is 3.10. The van der Waals surface area contributed by atoms with Gasteiger partial charge in [0.25, 0.3) is 10.2 Å². The summed E-state index contributed by atoms with van der Waals surface area (Å²) in [6.07, 6.45) is 1.76. The highest BCUT2D eigenvalue weighted by Crippen LogP contribution is 2.35. The summed E-state index contributed by atoms with van der Waals surface area (Å²) in [5.74, 6) is -0.274. The van der Waals surface area contributed by atoms with Crippen LogP contribution in [-0.2, 0) is 10.2 Å². The van der Waals surface area contributed by atoms with Crippen molar-refractivity contribution >= 4 is 38.6 Å². The predicted molar refractivity (Wildman–Crippen MR) is 127 cm³/mol. The zero-order valence-corrected chi connectivity index (χ0v) is 20.2. The van der Waals surface area contributed by atoms with E-state index in [2.05, 4.69) is 0 Å². The number of hydrogen-bond acceptors (Lipinski definition) is 3. The van der Waals surface area contributed by atoms with E-state index in [-0.39, 0.29) is 11.8 Å². The Morgan fingerprint density at radius 2 is 1.68 bits per heavy atom. The number of rotatable bonds is 6. The molecule has 0 bridgehead atoms. The molecule has 8 heteroatoms. The molecule has 3 rings (SSSR count). The lowest BCUT2D eigenvalue weighted by molar-refractivity contribution is 0.0860. The number of fused-ring (bicyclic) bond motifs is 1. The Morgan fingerprint density at radius 3 is 2.26 bits per heavy atom. The molecule has 0 saturated heterocycles. The summed E-state index contributed by atoms with van der Waals surface area (Å²) in [5, 5.41) is 1.46. The quantitative estimate of drug-likeness (QED) is 0.515.